The molecule has 23 heavy (non-hydrogen) atoms. The van der Waals surface area contributed by atoms with E-state index in [1.165, 1.54) is 0 Å². The highest BCUT2D eigenvalue weighted by atomic mass is 16.4. The Kier molecular flexibility index (Phi) is 2.90. The molecule has 3 heterocycles. The van der Waals surface area contributed by atoms with E-state index < -0.39 is 5.97 Å². The first-order valence-electron chi connectivity index (χ1n) is 7.36. The zero-order valence-corrected chi connectivity index (χ0v) is 12.4. The molecule has 0 saturated heterocycles. The fourth-order valence-electron chi connectivity index (χ4n) is 2.75. The van der Waals surface area contributed by atoms with Crippen molar-refractivity contribution in [2.45, 2.75) is 13.3 Å². The van der Waals surface area contributed by atoms with Gasteiger partial charge in [-0.3, -0.25) is 0 Å². The van der Waals surface area contributed by atoms with Crippen LogP contribution >= 0.6 is 0 Å². The van der Waals surface area contributed by atoms with Gasteiger partial charge >= 0.3 is 5.97 Å². The second-order valence-electron chi connectivity index (χ2n) is 5.37. The highest BCUT2D eigenvalue weighted by molar-refractivity contribution is 5.87. The van der Waals surface area contributed by atoms with Gasteiger partial charge in [0, 0.05) is 34.4 Å². The largest absolute Gasteiger partial charge is 0.477 e. The molecule has 2 N–H and O–H groups in total. The summed E-state index contributed by atoms with van der Waals surface area (Å²) in [6, 6.07) is 11.4. The van der Waals surface area contributed by atoms with Crippen LogP contribution in [0.25, 0.3) is 27.8 Å². The molecular weight excluding hydrogens is 292 g/mol. The number of aromatic carboxylic acids is 1. The van der Waals surface area contributed by atoms with E-state index in [9.17, 15) is 9.90 Å². The number of carbonyl (C=O) groups is 1. The fraction of sp³-hybridized carbons (Fsp3) is 0.118. The van der Waals surface area contributed by atoms with Gasteiger partial charge in [-0.2, -0.15) is 5.10 Å². The zero-order valence-electron chi connectivity index (χ0n) is 12.4. The molecule has 0 fully saturated rings. The molecule has 0 spiro atoms. The number of fused-ring (bicyclic) bond motifs is 2. The number of rotatable bonds is 3. The minimum Gasteiger partial charge on any atom is -0.477 e. The van der Waals surface area contributed by atoms with Crippen molar-refractivity contribution >= 4 is 22.5 Å². The summed E-state index contributed by atoms with van der Waals surface area (Å²) in [6.45, 7) is 1.97. The number of benzene rings is 1. The van der Waals surface area contributed by atoms with Crippen LogP contribution in [0.4, 0.5) is 0 Å². The molecule has 6 nitrogen and oxygen atoms in total. The summed E-state index contributed by atoms with van der Waals surface area (Å²) in [5.41, 5.74) is 4.23. The maximum Gasteiger partial charge on any atom is 0.354 e. The van der Waals surface area contributed by atoms with Crippen LogP contribution in [0, 0.1) is 0 Å². The number of aromatic amines is 1. The first-order chi connectivity index (χ1) is 11.2. The average molecular weight is 306 g/mol. The van der Waals surface area contributed by atoms with Gasteiger partial charge < -0.3 is 10.1 Å². The first-order valence-corrected chi connectivity index (χ1v) is 7.36. The Hall–Kier alpha value is -3.15. The summed E-state index contributed by atoms with van der Waals surface area (Å²) in [6.07, 6.45) is 2.57. The molecule has 3 aromatic heterocycles. The molecule has 4 rings (SSSR count). The van der Waals surface area contributed by atoms with E-state index in [1.807, 2.05) is 37.4 Å². The predicted octanol–water partition coefficient (Wildman–Crippen LogP) is 3.14. The molecule has 0 radical (unpaired) electrons. The number of carboxylic acid groups (broad SMARTS) is 1. The highest BCUT2D eigenvalue weighted by Gasteiger charge is 2.13. The quantitative estimate of drug-likeness (QED) is 0.609. The van der Waals surface area contributed by atoms with Gasteiger partial charge in [0.2, 0.25) is 0 Å². The Morgan fingerprint density at radius 1 is 1.26 bits per heavy atom. The summed E-state index contributed by atoms with van der Waals surface area (Å²) in [7, 11) is 0. The SMILES string of the molecule is CCc1cc(C(=O)O)nc2cc(-c3ccc4[nH]ccc4c3)nn12. The molecular formula is C17H14N4O2. The average Bonchev–Trinajstić information content (AvgIpc) is 3.19. The van der Waals surface area contributed by atoms with Crippen molar-refractivity contribution < 1.29 is 9.90 Å². The number of H-pyrrole nitrogens is 1. The second-order valence-corrected chi connectivity index (χ2v) is 5.37. The van der Waals surface area contributed by atoms with Gasteiger partial charge in [-0.15, -0.1) is 0 Å². The van der Waals surface area contributed by atoms with Gasteiger partial charge in [0.15, 0.2) is 11.3 Å². The van der Waals surface area contributed by atoms with Crippen LogP contribution in [0.3, 0.4) is 0 Å². The monoisotopic (exact) mass is 306 g/mol. The molecule has 6 heteroatoms. The van der Waals surface area contributed by atoms with Crippen molar-refractivity contribution in [1.29, 1.82) is 0 Å². The van der Waals surface area contributed by atoms with Gasteiger partial charge in [0.05, 0.1) is 5.69 Å². The van der Waals surface area contributed by atoms with Crippen molar-refractivity contribution in [2.24, 2.45) is 0 Å². The van der Waals surface area contributed by atoms with E-state index in [1.54, 1.807) is 10.6 Å². The van der Waals surface area contributed by atoms with Gasteiger partial charge in [0.25, 0.3) is 0 Å². The Bertz CT molecular complexity index is 1050. The van der Waals surface area contributed by atoms with Crippen LogP contribution < -0.4 is 0 Å². The summed E-state index contributed by atoms with van der Waals surface area (Å²) in [5.74, 6) is -1.03. The summed E-state index contributed by atoms with van der Waals surface area (Å²) >= 11 is 0. The van der Waals surface area contributed by atoms with E-state index in [0.717, 1.165) is 27.9 Å². The van der Waals surface area contributed by atoms with E-state index in [0.29, 0.717) is 12.1 Å². The van der Waals surface area contributed by atoms with Crippen LogP contribution in [0.2, 0.25) is 0 Å². The van der Waals surface area contributed by atoms with Crippen LogP contribution in [0.1, 0.15) is 23.1 Å². The Labute approximate surface area is 131 Å². The summed E-state index contributed by atoms with van der Waals surface area (Å²) in [4.78, 5) is 18.5. The molecule has 4 aromatic rings. The van der Waals surface area contributed by atoms with Crippen molar-refractivity contribution in [1.82, 2.24) is 19.6 Å². The molecule has 0 amide bonds. The third kappa shape index (κ3) is 2.15. The van der Waals surface area contributed by atoms with Crippen molar-refractivity contribution in [2.75, 3.05) is 0 Å². The number of hydrogen-bond acceptors (Lipinski definition) is 3. The predicted molar refractivity (Wildman–Crippen MR) is 86.6 cm³/mol. The van der Waals surface area contributed by atoms with Crippen molar-refractivity contribution in [3.63, 3.8) is 0 Å². The first kappa shape index (κ1) is 13.5. The lowest BCUT2D eigenvalue weighted by Crippen LogP contribution is -2.06. The maximum atomic E-state index is 11.2. The fourth-order valence-corrected chi connectivity index (χ4v) is 2.75. The van der Waals surface area contributed by atoms with Gasteiger partial charge in [0.1, 0.15) is 0 Å². The van der Waals surface area contributed by atoms with E-state index in [2.05, 4.69) is 21.1 Å². The van der Waals surface area contributed by atoms with Crippen molar-refractivity contribution in [3.8, 4) is 11.3 Å². The smallest absolute Gasteiger partial charge is 0.354 e. The summed E-state index contributed by atoms with van der Waals surface area (Å²) < 4.78 is 1.71. The third-order valence-corrected chi connectivity index (χ3v) is 3.93. The Balaban J connectivity index is 1.92. The zero-order chi connectivity index (χ0) is 16.0. The summed E-state index contributed by atoms with van der Waals surface area (Å²) in [5, 5.41) is 14.9. The molecule has 114 valence electrons. The van der Waals surface area contributed by atoms with Crippen molar-refractivity contribution in [3.05, 3.63) is 54.0 Å². The normalized spacial score (nSPS) is 11.3. The highest BCUT2D eigenvalue weighted by Crippen LogP contribution is 2.24. The maximum absolute atomic E-state index is 11.2. The number of aromatic nitrogens is 4. The Morgan fingerprint density at radius 2 is 2.13 bits per heavy atom. The minimum atomic E-state index is -1.03. The van der Waals surface area contributed by atoms with Crippen LogP contribution in [-0.4, -0.2) is 30.7 Å². The minimum absolute atomic E-state index is 0.0434. The lowest BCUT2D eigenvalue weighted by molar-refractivity contribution is 0.0690. The molecule has 0 unspecified atom stereocenters. The van der Waals surface area contributed by atoms with Gasteiger partial charge in [-0.05, 0) is 30.7 Å². The van der Waals surface area contributed by atoms with Gasteiger partial charge in [-0.1, -0.05) is 13.0 Å². The lowest BCUT2D eigenvalue weighted by atomic mass is 10.1. The Morgan fingerprint density at radius 3 is 2.91 bits per heavy atom. The third-order valence-electron chi connectivity index (χ3n) is 3.93. The van der Waals surface area contributed by atoms with Crippen LogP contribution in [0.15, 0.2) is 42.6 Å². The van der Waals surface area contributed by atoms with E-state index >= 15 is 0 Å². The standard InChI is InChI=1S/C17H14N4O2/c1-2-12-8-15(17(22)23)19-16-9-14(20-21(12)16)10-3-4-13-11(7-10)5-6-18-13/h3-9,18H,2H2,1H3,(H,22,23). The van der Waals surface area contributed by atoms with E-state index in [4.69, 9.17) is 0 Å². The van der Waals surface area contributed by atoms with Gasteiger partial charge in [-0.25, -0.2) is 14.3 Å². The molecule has 0 atom stereocenters. The molecule has 1 aromatic carbocycles. The number of nitrogens with one attached hydrogen (secondary N) is 1. The van der Waals surface area contributed by atoms with Crippen LogP contribution in [0.5, 0.6) is 0 Å². The molecule has 0 aliphatic rings. The number of nitrogens with zero attached hydrogens (tertiary/aromatic N) is 3. The molecule has 0 bridgehead atoms. The van der Waals surface area contributed by atoms with E-state index in [-0.39, 0.29) is 5.69 Å². The molecule has 0 aliphatic heterocycles. The molecule has 0 saturated carbocycles. The number of hydrogen-bond donors (Lipinski definition) is 2. The van der Waals surface area contributed by atoms with Crippen LogP contribution in [-0.2, 0) is 6.42 Å². The molecule has 0 aliphatic carbocycles. The lowest BCUT2D eigenvalue weighted by Gasteiger charge is -2.02. The number of aryl methyl sites for hydroxylation is 1. The second kappa shape index (κ2) is 4.95. The number of carboxylic acids is 1. The topological polar surface area (TPSA) is 83.3 Å².